The molecule has 2 heterocycles. The summed E-state index contributed by atoms with van der Waals surface area (Å²) in [5, 5.41) is 3.21. The molecule has 35 heavy (non-hydrogen) atoms. The van der Waals surface area contributed by atoms with Gasteiger partial charge in [-0.3, -0.25) is 14.3 Å². The number of alkyl halides is 3. The first-order valence-electron chi connectivity index (χ1n) is 11.5. The summed E-state index contributed by atoms with van der Waals surface area (Å²) in [6.07, 6.45) is -1.34. The lowest BCUT2D eigenvalue weighted by Gasteiger charge is -2.26. The second-order valence-corrected chi connectivity index (χ2v) is 9.31. The smallest absolute Gasteiger partial charge is 0.406 e. The van der Waals surface area contributed by atoms with Gasteiger partial charge in [-0.05, 0) is 49.9 Å². The standard InChI is InChI=1S/C23H27F3N4O4S/c24-23(25,26)34-17-7-5-16(6-8-17)27-20(31)15-35-21-18-3-1-4-19(18)30(22(32)28-21)10-2-9-29-11-13-33-14-12-29/h5-8H,1-4,9-15H2,(H,27,31). The number of hydrogen-bond acceptors (Lipinski definition) is 7. The van der Waals surface area contributed by atoms with Gasteiger partial charge in [-0.25, -0.2) is 4.79 Å². The highest BCUT2D eigenvalue weighted by Gasteiger charge is 2.31. The van der Waals surface area contributed by atoms with E-state index in [4.69, 9.17) is 4.74 Å². The van der Waals surface area contributed by atoms with Gasteiger partial charge in [0.2, 0.25) is 5.91 Å². The zero-order chi connectivity index (χ0) is 24.8. The molecule has 1 fully saturated rings. The van der Waals surface area contributed by atoms with Crippen molar-refractivity contribution in [1.82, 2.24) is 14.5 Å². The first-order valence-corrected chi connectivity index (χ1v) is 12.5. The number of hydrogen-bond donors (Lipinski definition) is 1. The van der Waals surface area contributed by atoms with Crippen molar-refractivity contribution in [1.29, 1.82) is 0 Å². The number of amides is 1. The van der Waals surface area contributed by atoms with Crippen molar-refractivity contribution in [3.8, 4) is 5.75 Å². The van der Waals surface area contributed by atoms with Crippen molar-refractivity contribution in [2.24, 2.45) is 0 Å². The van der Waals surface area contributed by atoms with Crippen LogP contribution in [0.15, 0.2) is 34.1 Å². The van der Waals surface area contributed by atoms with Crippen LogP contribution in [-0.4, -0.2) is 65.3 Å². The molecule has 1 amide bonds. The van der Waals surface area contributed by atoms with Gasteiger partial charge in [-0.2, -0.15) is 4.98 Å². The van der Waals surface area contributed by atoms with Gasteiger partial charge in [0, 0.05) is 43.1 Å². The maximum atomic E-state index is 12.8. The van der Waals surface area contributed by atoms with E-state index in [0.29, 0.717) is 17.3 Å². The molecular formula is C23H27F3N4O4S. The lowest BCUT2D eigenvalue weighted by Crippen LogP contribution is -2.37. The van der Waals surface area contributed by atoms with Crippen LogP contribution in [0.25, 0.3) is 0 Å². The van der Waals surface area contributed by atoms with Crippen LogP contribution in [-0.2, 0) is 28.9 Å². The number of anilines is 1. The molecule has 1 aliphatic carbocycles. The molecule has 2 aliphatic rings. The topological polar surface area (TPSA) is 85.7 Å². The van der Waals surface area contributed by atoms with Gasteiger partial charge in [0.1, 0.15) is 10.8 Å². The number of carbonyl (C=O) groups is 1. The van der Waals surface area contributed by atoms with Crippen LogP contribution in [0.5, 0.6) is 5.75 Å². The molecule has 12 heteroatoms. The Labute approximate surface area is 204 Å². The first kappa shape index (κ1) is 25.5. The number of morpholine rings is 1. The molecule has 1 N–H and O–H groups in total. The molecule has 190 valence electrons. The van der Waals surface area contributed by atoms with Crippen molar-refractivity contribution < 1.29 is 27.4 Å². The predicted octanol–water partition coefficient (Wildman–Crippen LogP) is 3.08. The highest BCUT2D eigenvalue weighted by atomic mass is 32.2. The minimum atomic E-state index is -4.77. The fraction of sp³-hybridized carbons (Fsp3) is 0.522. The number of fused-ring (bicyclic) bond motifs is 1. The molecular weight excluding hydrogens is 485 g/mol. The Bertz CT molecular complexity index is 1090. The average Bonchev–Trinajstić information content (AvgIpc) is 3.30. The molecule has 1 aliphatic heterocycles. The van der Waals surface area contributed by atoms with Crippen molar-refractivity contribution in [3.05, 3.63) is 46.0 Å². The molecule has 0 unspecified atom stereocenters. The van der Waals surface area contributed by atoms with E-state index in [1.807, 2.05) is 0 Å². The van der Waals surface area contributed by atoms with Crippen molar-refractivity contribution in [3.63, 3.8) is 0 Å². The van der Waals surface area contributed by atoms with Gasteiger partial charge >= 0.3 is 12.1 Å². The van der Waals surface area contributed by atoms with Gasteiger partial charge in [0.05, 0.1) is 19.0 Å². The third kappa shape index (κ3) is 7.21. The van der Waals surface area contributed by atoms with Gasteiger partial charge < -0.3 is 14.8 Å². The van der Waals surface area contributed by atoms with Crippen LogP contribution < -0.4 is 15.7 Å². The number of thioether (sulfide) groups is 1. The Hall–Kier alpha value is -2.57. The van der Waals surface area contributed by atoms with Gasteiger partial charge in [-0.1, -0.05) is 11.8 Å². The third-order valence-electron chi connectivity index (χ3n) is 5.87. The Kier molecular flexibility index (Phi) is 8.34. The molecule has 0 spiro atoms. The highest BCUT2D eigenvalue weighted by Crippen LogP contribution is 2.29. The van der Waals surface area contributed by atoms with E-state index < -0.39 is 6.36 Å². The third-order valence-corrected chi connectivity index (χ3v) is 6.89. The predicted molar refractivity (Wildman–Crippen MR) is 125 cm³/mol. The highest BCUT2D eigenvalue weighted by molar-refractivity contribution is 8.00. The second kappa shape index (κ2) is 11.4. The van der Waals surface area contributed by atoms with Crippen LogP contribution in [0.1, 0.15) is 24.1 Å². The average molecular weight is 513 g/mol. The van der Waals surface area contributed by atoms with Crippen molar-refractivity contribution >= 4 is 23.4 Å². The SMILES string of the molecule is O=C(CSc1nc(=O)n(CCCN2CCOCC2)c2c1CCC2)Nc1ccc(OC(F)(F)F)cc1. The number of nitrogens with zero attached hydrogens (tertiary/aromatic N) is 3. The minimum absolute atomic E-state index is 0.0285. The zero-order valence-corrected chi connectivity index (χ0v) is 19.9. The maximum Gasteiger partial charge on any atom is 0.573 e. The monoisotopic (exact) mass is 512 g/mol. The van der Waals surface area contributed by atoms with Gasteiger partial charge in [0.25, 0.3) is 0 Å². The van der Waals surface area contributed by atoms with Crippen molar-refractivity contribution in [2.45, 2.75) is 43.6 Å². The van der Waals surface area contributed by atoms with E-state index >= 15 is 0 Å². The molecule has 4 rings (SSSR count). The fourth-order valence-electron chi connectivity index (χ4n) is 4.28. The van der Waals surface area contributed by atoms with Gasteiger partial charge in [-0.15, -0.1) is 13.2 Å². The Balaban J connectivity index is 1.33. The number of aromatic nitrogens is 2. The molecule has 1 aromatic heterocycles. The lowest BCUT2D eigenvalue weighted by atomic mass is 10.2. The summed E-state index contributed by atoms with van der Waals surface area (Å²) < 4.78 is 47.8. The molecule has 1 aromatic carbocycles. The molecule has 2 aromatic rings. The minimum Gasteiger partial charge on any atom is -0.406 e. The summed E-state index contributed by atoms with van der Waals surface area (Å²) in [6, 6.07) is 4.92. The molecule has 0 bridgehead atoms. The Morgan fingerprint density at radius 1 is 1.14 bits per heavy atom. The maximum absolute atomic E-state index is 12.8. The fourth-order valence-corrected chi connectivity index (χ4v) is 5.16. The molecule has 0 atom stereocenters. The Morgan fingerprint density at radius 3 is 2.60 bits per heavy atom. The van der Waals surface area contributed by atoms with Crippen LogP contribution in [0.3, 0.4) is 0 Å². The van der Waals surface area contributed by atoms with Crippen LogP contribution >= 0.6 is 11.8 Å². The number of ether oxygens (including phenoxy) is 2. The van der Waals surface area contributed by atoms with Crippen molar-refractivity contribution in [2.75, 3.05) is 43.9 Å². The van der Waals surface area contributed by atoms with E-state index in [1.54, 1.807) is 4.57 Å². The number of carbonyl (C=O) groups excluding carboxylic acids is 1. The summed E-state index contributed by atoms with van der Waals surface area (Å²) in [6.45, 7) is 4.83. The molecule has 1 saturated heterocycles. The quantitative estimate of drug-likeness (QED) is 0.408. The first-order chi connectivity index (χ1) is 16.8. The Morgan fingerprint density at radius 2 is 1.89 bits per heavy atom. The number of benzene rings is 1. The summed E-state index contributed by atoms with van der Waals surface area (Å²) in [4.78, 5) is 31.7. The number of halogens is 3. The van der Waals surface area contributed by atoms with E-state index in [1.165, 1.54) is 23.9 Å². The van der Waals surface area contributed by atoms with E-state index in [-0.39, 0.29) is 23.1 Å². The number of nitrogens with one attached hydrogen (secondary N) is 1. The largest absolute Gasteiger partial charge is 0.573 e. The normalized spacial score (nSPS) is 16.2. The van der Waals surface area contributed by atoms with Gasteiger partial charge in [0.15, 0.2) is 0 Å². The summed E-state index contributed by atoms with van der Waals surface area (Å²) in [5.41, 5.74) is 2.09. The van der Waals surface area contributed by atoms with E-state index in [0.717, 1.165) is 81.9 Å². The zero-order valence-electron chi connectivity index (χ0n) is 19.1. The summed E-state index contributed by atoms with van der Waals surface area (Å²) in [7, 11) is 0. The van der Waals surface area contributed by atoms with E-state index in [9.17, 15) is 22.8 Å². The lowest BCUT2D eigenvalue weighted by molar-refractivity contribution is -0.274. The van der Waals surface area contributed by atoms with Crippen LogP contribution in [0.2, 0.25) is 0 Å². The van der Waals surface area contributed by atoms with E-state index in [2.05, 4.69) is 19.9 Å². The molecule has 0 saturated carbocycles. The summed E-state index contributed by atoms with van der Waals surface area (Å²) >= 11 is 1.20. The second-order valence-electron chi connectivity index (χ2n) is 8.35. The van der Waals surface area contributed by atoms with Crippen LogP contribution in [0.4, 0.5) is 18.9 Å². The summed E-state index contributed by atoms with van der Waals surface area (Å²) in [5.74, 6) is -0.682. The van der Waals surface area contributed by atoms with Crippen LogP contribution in [0, 0.1) is 0 Å². The molecule has 0 radical (unpaired) electrons. The molecule has 8 nitrogen and oxygen atoms in total. The number of rotatable bonds is 9.